The number of nitrogens with zero attached hydrogens (tertiary/aromatic N) is 2. The number of benzene rings is 3. The lowest BCUT2D eigenvalue weighted by atomic mass is 9.98. The fraction of sp³-hybridized carbons (Fsp3) is 0.136. The average Bonchev–Trinajstić information content (AvgIpc) is 3.14. The number of anilines is 1. The molecule has 1 atom stereocenters. The van der Waals surface area contributed by atoms with Crippen LogP contribution in [0.15, 0.2) is 88.9 Å². The van der Waals surface area contributed by atoms with Crippen molar-refractivity contribution < 1.29 is 12.8 Å². The van der Waals surface area contributed by atoms with Crippen LogP contribution in [0.2, 0.25) is 0 Å². The van der Waals surface area contributed by atoms with Crippen LogP contribution in [-0.4, -0.2) is 20.4 Å². The molecule has 0 aliphatic carbocycles. The van der Waals surface area contributed by atoms with E-state index in [1.165, 1.54) is 18.4 Å². The molecule has 142 valence electrons. The van der Waals surface area contributed by atoms with E-state index in [1.807, 2.05) is 35.3 Å². The van der Waals surface area contributed by atoms with Crippen molar-refractivity contribution in [1.29, 1.82) is 0 Å². The number of sulfone groups is 1. The van der Waals surface area contributed by atoms with Crippen LogP contribution in [0.25, 0.3) is 0 Å². The maximum absolute atomic E-state index is 13.3. The quantitative estimate of drug-likeness (QED) is 0.651. The Morgan fingerprint density at radius 3 is 2.18 bits per heavy atom. The number of hydrogen-bond acceptors (Lipinski definition) is 4. The molecule has 0 bridgehead atoms. The van der Waals surface area contributed by atoms with Crippen molar-refractivity contribution in [1.82, 2.24) is 0 Å². The van der Waals surface area contributed by atoms with Gasteiger partial charge in [0, 0.05) is 12.7 Å². The minimum atomic E-state index is -3.26. The molecule has 0 N–H and O–H groups in total. The Morgan fingerprint density at radius 1 is 0.929 bits per heavy atom. The SMILES string of the molecule is CS(=O)(=O)c1ccc(N2N=C(c3ccc(F)cc3)C[C@@H]2c2ccccc2)cc1. The summed E-state index contributed by atoms with van der Waals surface area (Å²) >= 11 is 0. The summed E-state index contributed by atoms with van der Waals surface area (Å²) in [5.74, 6) is -0.282. The van der Waals surface area contributed by atoms with Crippen LogP contribution in [0, 0.1) is 5.82 Å². The van der Waals surface area contributed by atoms with Crippen LogP contribution in [0.4, 0.5) is 10.1 Å². The summed E-state index contributed by atoms with van der Waals surface area (Å²) in [6.07, 6.45) is 1.86. The van der Waals surface area contributed by atoms with Crippen molar-refractivity contribution in [2.75, 3.05) is 11.3 Å². The fourth-order valence-corrected chi connectivity index (χ4v) is 3.98. The van der Waals surface area contributed by atoms with Gasteiger partial charge in [-0.15, -0.1) is 0 Å². The zero-order chi connectivity index (χ0) is 19.7. The summed E-state index contributed by atoms with van der Waals surface area (Å²) in [4.78, 5) is 0.273. The van der Waals surface area contributed by atoms with Gasteiger partial charge in [0.1, 0.15) is 5.82 Å². The molecule has 0 unspecified atom stereocenters. The highest BCUT2D eigenvalue weighted by Gasteiger charge is 2.30. The molecule has 4 nitrogen and oxygen atoms in total. The van der Waals surface area contributed by atoms with Crippen LogP contribution < -0.4 is 5.01 Å². The first-order chi connectivity index (χ1) is 13.4. The molecule has 4 rings (SSSR count). The van der Waals surface area contributed by atoms with Gasteiger partial charge < -0.3 is 0 Å². The smallest absolute Gasteiger partial charge is 0.175 e. The molecule has 1 aliphatic heterocycles. The first kappa shape index (κ1) is 18.4. The van der Waals surface area contributed by atoms with E-state index in [1.54, 1.807) is 36.4 Å². The zero-order valence-corrected chi connectivity index (χ0v) is 16.1. The Bertz CT molecular complexity index is 1110. The average molecular weight is 394 g/mol. The van der Waals surface area contributed by atoms with Gasteiger partial charge in [-0.25, -0.2) is 12.8 Å². The normalized spacial score (nSPS) is 16.9. The number of halogens is 1. The standard InChI is InChI=1S/C22H19FN2O2S/c1-28(26,27)20-13-11-19(12-14-20)25-22(17-5-3-2-4-6-17)15-21(24-25)16-7-9-18(23)10-8-16/h2-14,22H,15H2,1H3/t22-/m1/s1. The molecule has 0 radical (unpaired) electrons. The molecule has 1 heterocycles. The third-order valence-corrected chi connectivity index (χ3v) is 5.93. The van der Waals surface area contributed by atoms with Crippen molar-refractivity contribution in [2.45, 2.75) is 17.4 Å². The van der Waals surface area contributed by atoms with Crippen LogP contribution in [-0.2, 0) is 9.84 Å². The maximum Gasteiger partial charge on any atom is 0.175 e. The Morgan fingerprint density at radius 2 is 1.57 bits per heavy atom. The van der Waals surface area contributed by atoms with Gasteiger partial charge in [0.05, 0.1) is 22.3 Å². The van der Waals surface area contributed by atoms with Crippen molar-refractivity contribution >= 4 is 21.2 Å². The lowest BCUT2D eigenvalue weighted by Gasteiger charge is -2.24. The molecule has 3 aromatic rings. The molecule has 6 heteroatoms. The van der Waals surface area contributed by atoms with Crippen molar-refractivity contribution in [2.24, 2.45) is 5.10 Å². The number of hydrogen-bond donors (Lipinski definition) is 0. The monoisotopic (exact) mass is 394 g/mol. The second-order valence-corrected chi connectivity index (χ2v) is 8.81. The predicted octanol–water partition coefficient (Wildman–Crippen LogP) is 4.58. The molecular weight excluding hydrogens is 375 g/mol. The number of rotatable bonds is 4. The Kier molecular flexibility index (Phi) is 4.73. The minimum Gasteiger partial charge on any atom is -0.257 e. The zero-order valence-electron chi connectivity index (χ0n) is 15.3. The van der Waals surface area contributed by atoms with Crippen molar-refractivity contribution in [3.05, 3.63) is 95.8 Å². The van der Waals surface area contributed by atoms with Gasteiger partial charge in [-0.05, 0) is 47.5 Å². The van der Waals surface area contributed by atoms with Crippen LogP contribution >= 0.6 is 0 Å². The van der Waals surface area contributed by atoms with Gasteiger partial charge in [-0.2, -0.15) is 5.10 Å². The molecule has 0 spiro atoms. The molecule has 3 aromatic carbocycles. The molecular formula is C22H19FN2O2S. The van der Waals surface area contributed by atoms with Gasteiger partial charge in [-0.1, -0.05) is 42.5 Å². The topological polar surface area (TPSA) is 49.7 Å². The molecule has 0 fully saturated rings. The maximum atomic E-state index is 13.3. The molecule has 0 amide bonds. The van der Waals surface area contributed by atoms with E-state index >= 15 is 0 Å². The third kappa shape index (κ3) is 3.68. The summed E-state index contributed by atoms with van der Waals surface area (Å²) in [5.41, 5.74) is 3.65. The van der Waals surface area contributed by atoms with Gasteiger partial charge in [-0.3, -0.25) is 5.01 Å². The van der Waals surface area contributed by atoms with E-state index < -0.39 is 9.84 Å². The van der Waals surface area contributed by atoms with Gasteiger partial charge in [0.15, 0.2) is 9.84 Å². The third-order valence-electron chi connectivity index (χ3n) is 4.80. The first-order valence-electron chi connectivity index (χ1n) is 8.89. The molecule has 0 saturated carbocycles. The van der Waals surface area contributed by atoms with Gasteiger partial charge >= 0.3 is 0 Å². The van der Waals surface area contributed by atoms with E-state index in [9.17, 15) is 12.8 Å². The van der Waals surface area contributed by atoms with Gasteiger partial charge in [0.25, 0.3) is 0 Å². The minimum absolute atomic E-state index is 0.0228. The van der Waals surface area contributed by atoms with Gasteiger partial charge in [0.2, 0.25) is 0 Å². The highest BCUT2D eigenvalue weighted by molar-refractivity contribution is 7.90. The summed E-state index contributed by atoms with van der Waals surface area (Å²) in [6, 6.07) is 23.0. The number of hydrazone groups is 1. The van der Waals surface area contributed by atoms with Crippen molar-refractivity contribution in [3.8, 4) is 0 Å². The summed E-state index contributed by atoms with van der Waals surface area (Å²) in [5, 5.41) is 6.69. The van der Waals surface area contributed by atoms with Crippen LogP contribution in [0.3, 0.4) is 0 Å². The Labute approximate surface area is 163 Å². The van der Waals surface area contributed by atoms with Crippen LogP contribution in [0.1, 0.15) is 23.6 Å². The summed E-state index contributed by atoms with van der Waals surface area (Å²) in [7, 11) is -3.26. The molecule has 0 saturated heterocycles. The van der Waals surface area contributed by atoms with Crippen LogP contribution in [0.5, 0.6) is 0 Å². The molecule has 1 aliphatic rings. The van der Waals surface area contributed by atoms with E-state index in [-0.39, 0.29) is 16.8 Å². The van der Waals surface area contributed by atoms with E-state index in [0.29, 0.717) is 6.42 Å². The Hall–Kier alpha value is -2.99. The first-order valence-corrected chi connectivity index (χ1v) is 10.8. The van der Waals surface area contributed by atoms with E-state index in [0.717, 1.165) is 22.5 Å². The lowest BCUT2D eigenvalue weighted by Crippen LogP contribution is -2.18. The van der Waals surface area contributed by atoms with E-state index in [2.05, 4.69) is 0 Å². The summed E-state index contributed by atoms with van der Waals surface area (Å²) in [6.45, 7) is 0. The highest BCUT2D eigenvalue weighted by Crippen LogP contribution is 2.36. The highest BCUT2D eigenvalue weighted by atomic mass is 32.2. The Balaban J connectivity index is 1.74. The van der Waals surface area contributed by atoms with Crippen molar-refractivity contribution in [3.63, 3.8) is 0 Å². The summed E-state index contributed by atoms with van der Waals surface area (Å²) < 4.78 is 36.8. The fourth-order valence-electron chi connectivity index (χ4n) is 3.35. The molecule has 28 heavy (non-hydrogen) atoms. The van der Waals surface area contributed by atoms with E-state index in [4.69, 9.17) is 5.10 Å². The second-order valence-electron chi connectivity index (χ2n) is 6.79. The predicted molar refractivity (Wildman–Crippen MR) is 109 cm³/mol. The lowest BCUT2D eigenvalue weighted by molar-refractivity contribution is 0.602. The largest absolute Gasteiger partial charge is 0.257 e. The second kappa shape index (κ2) is 7.20. The molecule has 0 aromatic heterocycles.